The number of rotatable bonds is 4. The second-order valence-electron chi connectivity index (χ2n) is 4.20. The van der Waals surface area contributed by atoms with Crippen molar-refractivity contribution in [2.24, 2.45) is 5.92 Å². The van der Waals surface area contributed by atoms with Gasteiger partial charge in [-0.15, -0.1) is 0 Å². The van der Waals surface area contributed by atoms with Crippen LogP contribution in [0.1, 0.15) is 6.92 Å². The molecule has 0 amide bonds. The number of carbonyl (C=O) groups excluding carboxylic acids is 1. The second kappa shape index (κ2) is 5.03. The molecular weight excluding hydrogens is 182 g/mol. The van der Waals surface area contributed by atoms with E-state index in [1.807, 2.05) is 6.07 Å². The molecule has 0 aliphatic rings. The lowest BCUT2D eigenvalue weighted by Crippen LogP contribution is -2.28. The van der Waals surface area contributed by atoms with Crippen molar-refractivity contribution in [3.05, 3.63) is 0 Å². The maximum atomic E-state index is 11.2. The van der Waals surface area contributed by atoms with E-state index in [9.17, 15) is 4.79 Å². The smallest absolute Gasteiger partial charge is 0.323 e. The summed E-state index contributed by atoms with van der Waals surface area (Å²) in [6, 6.07) is 2.69. The van der Waals surface area contributed by atoms with E-state index in [0.717, 1.165) is 0 Å². The van der Waals surface area contributed by atoms with Crippen LogP contribution in [-0.4, -0.2) is 20.7 Å². The molecule has 13 heavy (non-hydrogen) atoms. The summed E-state index contributed by atoms with van der Waals surface area (Å²) in [5.41, 5.74) is 0. The van der Waals surface area contributed by atoms with Crippen LogP contribution >= 0.6 is 0 Å². The minimum atomic E-state index is -1.36. The largest absolute Gasteiger partial charge is 0.465 e. The first-order valence-corrected chi connectivity index (χ1v) is 8.17. The highest BCUT2D eigenvalue weighted by atomic mass is 28.3. The van der Waals surface area contributed by atoms with Gasteiger partial charge in [0.2, 0.25) is 0 Å². The van der Waals surface area contributed by atoms with Gasteiger partial charge >= 0.3 is 5.97 Å². The summed E-state index contributed by atoms with van der Waals surface area (Å²) in [6.07, 6.45) is 0. The molecule has 0 N–H and O–H groups in total. The standard InChI is InChI=1S/C9H17NO2Si/c1-5-12-9(11)8(6-10)7-13(2,3)4/h8H,5,7H2,1-4H3. The van der Waals surface area contributed by atoms with Gasteiger partial charge in [-0.2, -0.15) is 5.26 Å². The first-order chi connectivity index (χ1) is 5.90. The number of hydrogen-bond donors (Lipinski definition) is 0. The lowest BCUT2D eigenvalue weighted by molar-refractivity contribution is -0.145. The molecule has 0 aliphatic heterocycles. The summed E-state index contributed by atoms with van der Waals surface area (Å²) in [5.74, 6) is -0.931. The molecule has 0 aliphatic carbocycles. The van der Waals surface area contributed by atoms with Crippen LogP contribution in [0.25, 0.3) is 0 Å². The second-order valence-corrected chi connectivity index (χ2v) is 9.73. The molecule has 0 spiro atoms. The number of ether oxygens (including phenoxy) is 1. The highest BCUT2D eigenvalue weighted by Gasteiger charge is 2.26. The predicted molar refractivity (Wildman–Crippen MR) is 53.9 cm³/mol. The van der Waals surface area contributed by atoms with Crippen molar-refractivity contribution >= 4 is 14.0 Å². The van der Waals surface area contributed by atoms with Crippen molar-refractivity contribution < 1.29 is 9.53 Å². The lowest BCUT2D eigenvalue weighted by atomic mass is 10.2. The van der Waals surface area contributed by atoms with Crippen LogP contribution in [0.3, 0.4) is 0 Å². The van der Waals surface area contributed by atoms with Crippen LogP contribution in [0.15, 0.2) is 0 Å². The van der Waals surface area contributed by atoms with Crippen molar-refractivity contribution in [3.63, 3.8) is 0 Å². The van der Waals surface area contributed by atoms with E-state index < -0.39 is 14.0 Å². The Kier molecular flexibility index (Phi) is 4.71. The maximum absolute atomic E-state index is 11.2. The van der Waals surface area contributed by atoms with Crippen LogP contribution < -0.4 is 0 Å². The fourth-order valence-electron chi connectivity index (χ4n) is 1.04. The SMILES string of the molecule is CCOC(=O)C(C#N)C[Si](C)(C)C. The van der Waals surface area contributed by atoms with Crippen LogP contribution in [0.4, 0.5) is 0 Å². The van der Waals surface area contributed by atoms with E-state index in [0.29, 0.717) is 12.7 Å². The number of nitrogens with zero attached hydrogens (tertiary/aromatic N) is 1. The normalized spacial score (nSPS) is 13.2. The third-order valence-corrected chi connectivity index (χ3v) is 3.18. The number of nitriles is 1. The van der Waals surface area contributed by atoms with E-state index in [-0.39, 0.29) is 5.97 Å². The van der Waals surface area contributed by atoms with Crippen LogP contribution in [0.5, 0.6) is 0 Å². The van der Waals surface area contributed by atoms with Crippen molar-refractivity contribution in [1.29, 1.82) is 5.26 Å². The molecule has 0 fully saturated rings. The molecule has 0 heterocycles. The minimum Gasteiger partial charge on any atom is -0.465 e. The van der Waals surface area contributed by atoms with E-state index >= 15 is 0 Å². The van der Waals surface area contributed by atoms with Crippen molar-refractivity contribution in [3.8, 4) is 6.07 Å². The first-order valence-electron chi connectivity index (χ1n) is 4.47. The Hall–Kier alpha value is -0.823. The summed E-state index contributed by atoms with van der Waals surface area (Å²) in [4.78, 5) is 11.2. The molecule has 0 bridgehead atoms. The fraction of sp³-hybridized carbons (Fsp3) is 0.778. The summed E-state index contributed by atoms with van der Waals surface area (Å²) in [6.45, 7) is 8.51. The highest BCUT2D eigenvalue weighted by Crippen LogP contribution is 2.17. The molecule has 0 rings (SSSR count). The Morgan fingerprint density at radius 2 is 2.08 bits per heavy atom. The minimum absolute atomic E-state index is 0.350. The van der Waals surface area contributed by atoms with E-state index in [1.165, 1.54) is 0 Å². The fourth-order valence-corrected chi connectivity index (χ4v) is 2.52. The molecule has 0 aromatic carbocycles. The molecular formula is C9H17NO2Si. The zero-order valence-electron chi connectivity index (χ0n) is 8.76. The van der Waals surface area contributed by atoms with E-state index in [4.69, 9.17) is 10.00 Å². The summed E-state index contributed by atoms with van der Waals surface area (Å²) >= 11 is 0. The molecule has 0 saturated carbocycles. The van der Waals surface area contributed by atoms with Crippen molar-refractivity contribution in [2.45, 2.75) is 32.6 Å². The maximum Gasteiger partial charge on any atom is 0.323 e. The highest BCUT2D eigenvalue weighted by molar-refractivity contribution is 6.76. The van der Waals surface area contributed by atoms with Crippen molar-refractivity contribution in [1.82, 2.24) is 0 Å². The van der Waals surface area contributed by atoms with Crippen LogP contribution in [0, 0.1) is 17.2 Å². The molecule has 0 aromatic heterocycles. The Labute approximate surface area is 80.7 Å². The molecule has 1 atom stereocenters. The zero-order valence-corrected chi connectivity index (χ0v) is 9.76. The van der Waals surface area contributed by atoms with Crippen LogP contribution in [0.2, 0.25) is 25.7 Å². The molecule has 3 nitrogen and oxygen atoms in total. The third kappa shape index (κ3) is 5.42. The molecule has 4 heteroatoms. The zero-order chi connectivity index (χ0) is 10.5. The molecule has 74 valence electrons. The van der Waals surface area contributed by atoms with Gasteiger partial charge in [-0.05, 0) is 13.0 Å². The number of carbonyl (C=O) groups is 1. The van der Waals surface area contributed by atoms with Gasteiger partial charge in [0.05, 0.1) is 12.7 Å². The predicted octanol–water partition coefficient (Wildman–Crippen LogP) is 2.03. The summed E-state index contributed by atoms with van der Waals surface area (Å²) < 4.78 is 4.80. The molecule has 0 radical (unpaired) electrons. The van der Waals surface area contributed by atoms with Gasteiger partial charge in [-0.1, -0.05) is 19.6 Å². The first kappa shape index (κ1) is 12.2. The topological polar surface area (TPSA) is 50.1 Å². The van der Waals surface area contributed by atoms with Gasteiger partial charge in [0.25, 0.3) is 0 Å². The Morgan fingerprint density at radius 3 is 2.38 bits per heavy atom. The van der Waals surface area contributed by atoms with Gasteiger partial charge in [-0.3, -0.25) is 4.79 Å². The van der Waals surface area contributed by atoms with E-state index in [1.54, 1.807) is 6.92 Å². The van der Waals surface area contributed by atoms with Gasteiger partial charge in [0.1, 0.15) is 5.92 Å². The Morgan fingerprint density at radius 1 is 1.54 bits per heavy atom. The lowest BCUT2D eigenvalue weighted by Gasteiger charge is -2.18. The Bertz CT molecular complexity index is 215. The number of hydrogen-bond acceptors (Lipinski definition) is 3. The summed E-state index contributed by atoms with van der Waals surface area (Å²) in [7, 11) is -1.36. The van der Waals surface area contributed by atoms with Gasteiger partial charge < -0.3 is 4.74 Å². The molecule has 1 unspecified atom stereocenters. The monoisotopic (exact) mass is 199 g/mol. The Balaban J connectivity index is 4.21. The third-order valence-electron chi connectivity index (χ3n) is 1.54. The van der Waals surface area contributed by atoms with Crippen molar-refractivity contribution in [2.75, 3.05) is 6.61 Å². The number of esters is 1. The van der Waals surface area contributed by atoms with Gasteiger partial charge in [0.15, 0.2) is 0 Å². The average molecular weight is 199 g/mol. The average Bonchev–Trinajstić information content (AvgIpc) is 1.99. The quantitative estimate of drug-likeness (QED) is 0.514. The van der Waals surface area contributed by atoms with Gasteiger partial charge in [-0.25, -0.2) is 0 Å². The molecule has 0 saturated heterocycles. The summed E-state index contributed by atoms with van der Waals surface area (Å²) in [5, 5.41) is 8.76. The van der Waals surface area contributed by atoms with E-state index in [2.05, 4.69) is 19.6 Å². The van der Waals surface area contributed by atoms with Gasteiger partial charge in [0, 0.05) is 8.07 Å². The molecule has 0 aromatic rings. The van der Waals surface area contributed by atoms with Crippen LogP contribution in [-0.2, 0) is 9.53 Å².